The Morgan fingerprint density at radius 3 is 1.80 bits per heavy atom. The molecule has 0 unspecified atom stereocenters. The smallest absolute Gasteiger partial charge is 0.200 e. The molecular formula is C6H8F4. The third-order valence-corrected chi connectivity index (χ3v) is 1.04. The summed E-state index contributed by atoms with van der Waals surface area (Å²) in [5, 5.41) is 0. The highest BCUT2D eigenvalue weighted by atomic mass is 19.3. The summed E-state index contributed by atoms with van der Waals surface area (Å²) in [6.45, 7) is 3.14. The van der Waals surface area contributed by atoms with Gasteiger partial charge in [0.15, 0.2) is 0 Å². The van der Waals surface area contributed by atoms with Crippen LogP contribution in [-0.2, 0) is 0 Å². The highest BCUT2D eigenvalue weighted by Crippen LogP contribution is 2.36. The van der Waals surface area contributed by atoms with Gasteiger partial charge >= 0.3 is 11.8 Å². The lowest BCUT2D eigenvalue weighted by molar-refractivity contribution is -0.194. The van der Waals surface area contributed by atoms with E-state index in [1.165, 1.54) is 0 Å². The van der Waals surface area contributed by atoms with Gasteiger partial charge in [0.05, 0.1) is 0 Å². The van der Waals surface area contributed by atoms with Crippen LogP contribution in [0, 0.1) is 0 Å². The zero-order valence-electron chi connectivity index (χ0n) is 5.50. The van der Waals surface area contributed by atoms with E-state index in [9.17, 15) is 17.6 Å². The minimum atomic E-state index is -3.96. The molecule has 0 aromatic carbocycles. The monoisotopic (exact) mass is 156 g/mol. The van der Waals surface area contributed by atoms with Crippen LogP contribution in [0.2, 0.25) is 0 Å². The normalized spacial score (nSPS) is 13.3. The lowest BCUT2D eigenvalue weighted by atomic mass is 10.1. The molecule has 0 spiro atoms. The van der Waals surface area contributed by atoms with Gasteiger partial charge in [-0.25, -0.2) is 8.78 Å². The van der Waals surface area contributed by atoms with Crippen molar-refractivity contribution < 1.29 is 17.6 Å². The molecule has 0 radical (unpaired) electrons. The first-order valence-corrected chi connectivity index (χ1v) is 2.68. The molecule has 0 aliphatic carbocycles. The van der Waals surface area contributed by atoms with Crippen molar-refractivity contribution in [2.45, 2.75) is 25.2 Å². The zero-order chi connectivity index (χ0) is 8.41. The molecule has 0 aromatic rings. The third kappa shape index (κ3) is 2.01. The van der Waals surface area contributed by atoms with Gasteiger partial charge in [-0.3, -0.25) is 0 Å². The van der Waals surface area contributed by atoms with Crippen LogP contribution < -0.4 is 0 Å². The van der Waals surface area contributed by atoms with E-state index in [4.69, 9.17) is 0 Å². The quantitative estimate of drug-likeness (QED) is 0.435. The van der Waals surface area contributed by atoms with Crippen molar-refractivity contribution in [2.75, 3.05) is 0 Å². The minimum absolute atomic E-state index is 0.191. The van der Waals surface area contributed by atoms with Crippen molar-refractivity contribution >= 4 is 0 Å². The van der Waals surface area contributed by atoms with Crippen molar-refractivity contribution in [3.05, 3.63) is 12.7 Å². The van der Waals surface area contributed by atoms with Crippen molar-refractivity contribution in [3.63, 3.8) is 0 Å². The predicted octanol–water partition coefficient (Wildman–Crippen LogP) is 2.85. The van der Waals surface area contributed by atoms with Gasteiger partial charge in [-0.15, -0.1) is 6.58 Å². The van der Waals surface area contributed by atoms with Gasteiger partial charge in [0.25, 0.3) is 0 Å². The molecule has 0 saturated carbocycles. The Morgan fingerprint density at radius 1 is 1.30 bits per heavy atom. The zero-order valence-corrected chi connectivity index (χ0v) is 5.50. The molecule has 0 N–H and O–H groups in total. The van der Waals surface area contributed by atoms with Crippen LogP contribution >= 0.6 is 0 Å². The summed E-state index contributed by atoms with van der Waals surface area (Å²) in [7, 11) is 0. The first-order chi connectivity index (χ1) is 4.31. The molecule has 4 heteroatoms. The second kappa shape index (κ2) is 2.60. The lowest BCUT2D eigenvalue weighted by Gasteiger charge is -2.21. The number of rotatable bonds is 3. The second-order valence-corrected chi connectivity index (χ2v) is 2.09. The molecule has 0 atom stereocenters. The number of alkyl halides is 4. The van der Waals surface area contributed by atoms with Crippen LogP contribution in [0.25, 0.3) is 0 Å². The number of halogens is 4. The summed E-state index contributed by atoms with van der Waals surface area (Å²) in [6, 6.07) is 0. The van der Waals surface area contributed by atoms with E-state index in [0.717, 1.165) is 6.08 Å². The molecule has 60 valence electrons. The average molecular weight is 156 g/mol. The van der Waals surface area contributed by atoms with Crippen molar-refractivity contribution in [1.29, 1.82) is 0 Å². The SMILES string of the molecule is C=CCC(F)(F)C(C)(F)F. The summed E-state index contributed by atoms with van der Waals surface area (Å²) >= 11 is 0. The van der Waals surface area contributed by atoms with Gasteiger partial charge < -0.3 is 0 Å². The molecule has 10 heavy (non-hydrogen) atoms. The molecule has 0 bridgehead atoms. The fraction of sp³-hybridized carbons (Fsp3) is 0.667. The van der Waals surface area contributed by atoms with E-state index >= 15 is 0 Å². The van der Waals surface area contributed by atoms with Crippen LogP contribution in [0.3, 0.4) is 0 Å². The molecule has 0 aliphatic rings. The summed E-state index contributed by atoms with van der Waals surface area (Å²) in [4.78, 5) is 0. The highest BCUT2D eigenvalue weighted by molar-refractivity contribution is 4.87. The highest BCUT2D eigenvalue weighted by Gasteiger charge is 2.50. The molecule has 0 fully saturated rings. The Hall–Kier alpha value is -0.540. The van der Waals surface area contributed by atoms with Crippen molar-refractivity contribution in [3.8, 4) is 0 Å². The maximum absolute atomic E-state index is 12.1. The Morgan fingerprint density at radius 2 is 1.70 bits per heavy atom. The van der Waals surface area contributed by atoms with Gasteiger partial charge in [0.1, 0.15) is 0 Å². The summed E-state index contributed by atoms with van der Waals surface area (Å²) in [5.41, 5.74) is 0. The fourth-order valence-electron chi connectivity index (χ4n) is 0.360. The maximum Gasteiger partial charge on any atom is 0.313 e. The van der Waals surface area contributed by atoms with Gasteiger partial charge in [0.2, 0.25) is 0 Å². The van der Waals surface area contributed by atoms with E-state index in [1.54, 1.807) is 0 Å². The molecule has 0 aliphatic heterocycles. The van der Waals surface area contributed by atoms with E-state index in [1.807, 2.05) is 0 Å². The summed E-state index contributed by atoms with van der Waals surface area (Å²) in [5.74, 6) is -7.92. The van der Waals surface area contributed by atoms with E-state index < -0.39 is 18.3 Å². The third-order valence-electron chi connectivity index (χ3n) is 1.04. The van der Waals surface area contributed by atoms with Gasteiger partial charge in [-0.1, -0.05) is 6.08 Å². The van der Waals surface area contributed by atoms with Crippen molar-refractivity contribution in [1.82, 2.24) is 0 Å². The Labute approximate surface area is 56.5 Å². The number of hydrogen-bond donors (Lipinski definition) is 0. The van der Waals surface area contributed by atoms with Gasteiger partial charge in [-0.05, 0) is 0 Å². The summed E-state index contributed by atoms with van der Waals surface area (Å²) < 4.78 is 48.0. The summed E-state index contributed by atoms with van der Waals surface area (Å²) in [6.07, 6.45) is -0.214. The van der Waals surface area contributed by atoms with E-state index in [0.29, 0.717) is 0 Å². The predicted molar refractivity (Wildman–Crippen MR) is 30.4 cm³/mol. The Balaban J connectivity index is 4.23. The molecule has 0 nitrogen and oxygen atoms in total. The largest absolute Gasteiger partial charge is 0.313 e. The van der Waals surface area contributed by atoms with Crippen LogP contribution in [-0.4, -0.2) is 11.8 Å². The van der Waals surface area contributed by atoms with Crippen molar-refractivity contribution in [2.24, 2.45) is 0 Å². The molecule has 0 aromatic heterocycles. The van der Waals surface area contributed by atoms with Crippen LogP contribution in [0.4, 0.5) is 17.6 Å². The second-order valence-electron chi connectivity index (χ2n) is 2.09. The first-order valence-electron chi connectivity index (χ1n) is 2.68. The van der Waals surface area contributed by atoms with Gasteiger partial charge in [0, 0.05) is 13.3 Å². The van der Waals surface area contributed by atoms with E-state index in [-0.39, 0.29) is 6.92 Å². The number of hydrogen-bond acceptors (Lipinski definition) is 0. The van der Waals surface area contributed by atoms with Crippen LogP contribution in [0.1, 0.15) is 13.3 Å². The Kier molecular flexibility index (Phi) is 2.46. The number of allylic oxidation sites excluding steroid dienone is 1. The fourth-order valence-corrected chi connectivity index (χ4v) is 0.360. The Bertz CT molecular complexity index is 122. The lowest BCUT2D eigenvalue weighted by Crippen LogP contribution is -2.36. The topological polar surface area (TPSA) is 0 Å². The minimum Gasteiger partial charge on any atom is -0.200 e. The van der Waals surface area contributed by atoms with E-state index in [2.05, 4.69) is 6.58 Å². The standard InChI is InChI=1S/C6H8F4/c1-3-4-6(9,10)5(2,7)8/h3H,1,4H2,2H3. The molecular weight excluding hydrogens is 148 g/mol. The first kappa shape index (κ1) is 9.46. The molecule has 0 amide bonds. The van der Waals surface area contributed by atoms with Crippen LogP contribution in [0.5, 0.6) is 0 Å². The molecule has 0 saturated heterocycles. The molecule has 0 heterocycles. The molecule has 0 rings (SSSR count). The average Bonchev–Trinajstić information content (AvgIpc) is 1.61. The van der Waals surface area contributed by atoms with Crippen LogP contribution in [0.15, 0.2) is 12.7 Å². The maximum atomic E-state index is 12.1. The van der Waals surface area contributed by atoms with Gasteiger partial charge in [-0.2, -0.15) is 8.78 Å².